The summed E-state index contributed by atoms with van der Waals surface area (Å²) < 4.78 is 44.8. The van der Waals surface area contributed by atoms with Crippen molar-refractivity contribution in [2.24, 2.45) is 5.92 Å². The van der Waals surface area contributed by atoms with Crippen molar-refractivity contribution >= 4 is 16.8 Å². The van der Waals surface area contributed by atoms with Crippen molar-refractivity contribution in [3.05, 3.63) is 30.0 Å². The number of hydrogen-bond donors (Lipinski definition) is 1. The largest absolute Gasteiger partial charge is 0.496 e. The molecule has 0 bridgehead atoms. The van der Waals surface area contributed by atoms with Gasteiger partial charge in [0.05, 0.1) is 13.0 Å². The van der Waals surface area contributed by atoms with Crippen molar-refractivity contribution in [2.75, 3.05) is 13.7 Å². The van der Waals surface area contributed by atoms with Crippen molar-refractivity contribution in [3.63, 3.8) is 0 Å². The molecule has 1 N–H and O–H groups in total. The van der Waals surface area contributed by atoms with E-state index in [9.17, 15) is 18.0 Å². The summed E-state index contributed by atoms with van der Waals surface area (Å²) in [6.45, 7) is 3.23. The molecule has 2 unspecified atom stereocenters. The lowest BCUT2D eigenvalue weighted by Crippen LogP contribution is -2.44. The minimum Gasteiger partial charge on any atom is -0.496 e. The molecule has 1 aliphatic heterocycles. The molecule has 2 atom stereocenters. The van der Waals surface area contributed by atoms with Crippen molar-refractivity contribution in [3.8, 4) is 5.75 Å². The number of H-pyrrole nitrogens is 1. The molecule has 3 rings (SSSR count). The Morgan fingerprint density at radius 3 is 2.76 bits per heavy atom. The van der Waals surface area contributed by atoms with E-state index in [1.165, 1.54) is 12.0 Å². The van der Waals surface area contributed by atoms with Crippen LogP contribution in [0.2, 0.25) is 0 Å². The zero-order valence-corrected chi connectivity index (χ0v) is 14.4. The van der Waals surface area contributed by atoms with Gasteiger partial charge in [-0.2, -0.15) is 13.2 Å². The highest BCUT2D eigenvalue weighted by Gasteiger charge is 2.53. The van der Waals surface area contributed by atoms with Gasteiger partial charge in [0.1, 0.15) is 11.4 Å². The molecule has 1 amide bonds. The van der Waals surface area contributed by atoms with Crippen molar-refractivity contribution in [1.82, 2.24) is 9.88 Å². The number of benzene rings is 1. The smallest absolute Gasteiger partial charge is 0.393 e. The summed E-state index contributed by atoms with van der Waals surface area (Å²) in [6.07, 6.45) is -3.90. The molecule has 136 valence electrons. The van der Waals surface area contributed by atoms with Gasteiger partial charge in [-0.25, -0.2) is 0 Å². The van der Waals surface area contributed by atoms with Crippen molar-refractivity contribution < 1.29 is 22.7 Å². The number of hydrogen-bond acceptors (Lipinski definition) is 2. The Bertz CT molecular complexity index is 799. The van der Waals surface area contributed by atoms with Gasteiger partial charge in [-0.15, -0.1) is 0 Å². The number of methoxy groups -OCH3 is 1. The number of fused-ring (bicyclic) bond motifs is 1. The van der Waals surface area contributed by atoms with Gasteiger partial charge >= 0.3 is 6.18 Å². The van der Waals surface area contributed by atoms with Crippen LogP contribution in [0.15, 0.2) is 24.3 Å². The summed E-state index contributed by atoms with van der Waals surface area (Å²) in [5.41, 5.74) is 0.188. The summed E-state index contributed by atoms with van der Waals surface area (Å²) >= 11 is 0. The number of aromatic amines is 1. The number of carbonyl (C=O) groups excluding carboxylic acids is 1. The molecule has 0 saturated carbocycles. The predicted octanol–water partition coefficient (Wildman–Crippen LogP) is 4.37. The number of amides is 1. The second-order valence-electron chi connectivity index (χ2n) is 6.81. The van der Waals surface area contributed by atoms with Crippen LogP contribution in [0.5, 0.6) is 5.75 Å². The molecule has 0 spiro atoms. The van der Waals surface area contributed by atoms with Gasteiger partial charge in [0, 0.05) is 23.0 Å². The maximum absolute atomic E-state index is 13.2. The van der Waals surface area contributed by atoms with Gasteiger partial charge in [-0.05, 0) is 38.0 Å². The molecule has 1 aromatic heterocycles. The third-order valence-corrected chi connectivity index (χ3v) is 5.28. The number of halogens is 3. The zero-order valence-electron chi connectivity index (χ0n) is 14.4. The van der Waals surface area contributed by atoms with E-state index >= 15 is 0 Å². The van der Waals surface area contributed by atoms with Crippen LogP contribution in [-0.4, -0.2) is 41.2 Å². The molecule has 2 aromatic rings. The lowest BCUT2D eigenvalue weighted by molar-refractivity contribution is -0.170. The van der Waals surface area contributed by atoms with E-state index in [0.717, 1.165) is 5.39 Å². The van der Waals surface area contributed by atoms with Crippen LogP contribution < -0.4 is 4.74 Å². The minimum atomic E-state index is -4.30. The predicted molar refractivity (Wildman–Crippen MR) is 88.7 cm³/mol. The van der Waals surface area contributed by atoms with Gasteiger partial charge in [0.15, 0.2) is 0 Å². The Hall–Kier alpha value is -2.18. The van der Waals surface area contributed by atoms with Crippen molar-refractivity contribution in [2.45, 2.75) is 38.4 Å². The maximum atomic E-state index is 13.2. The van der Waals surface area contributed by atoms with E-state index in [1.807, 2.05) is 6.92 Å². The number of ether oxygens (including phenoxy) is 1. The van der Waals surface area contributed by atoms with E-state index in [4.69, 9.17) is 4.74 Å². The molecule has 25 heavy (non-hydrogen) atoms. The van der Waals surface area contributed by atoms with Gasteiger partial charge in [-0.3, -0.25) is 4.79 Å². The fourth-order valence-corrected chi connectivity index (χ4v) is 3.59. The van der Waals surface area contributed by atoms with Crippen molar-refractivity contribution in [1.29, 1.82) is 0 Å². The number of nitrogens with one attached hydrogen (secondary N) is 1. The average Bonchev–Trinajstić information content (AvgIpc) is 3.15. The number of likely N-dealkylation sites (tertiary alicyclic amines) is 1. The molecule has 1 fully saturated rings. The minimum absolute atomic E-state index is 0.0672. The molecule has 0 radical (unpaired) electrons. The third-order valence-electron chi connectivity index (χ3n) is 5.28. The Morgan fingerprint density at radius 1 is 1.44 bits per heavy atom. The molecule has 1 aromatic carbocycles. The average molecular weight is 354 g/mol. The highest BCUT2D eigenvalue weighted by molar-refractivity contribution is 6.00. The first-order valence-electron chi connectivity index (χ1n) is 8.24. The van der Waals surface area contributed by atoms with Gasteiger partial charge in [0.2, 0.25) is 0 Å². The maximum Gasteiger partial charge on any atom is 0.393 e. The summed E-state index contributed by atoms with van der Waals surface area (Å²) in [5, 5.41) is 0.734. The van der Waals surface area contributed by atoms with Crippen LogP contribution in [0, 0.1) is 5.92 Å². The second kappa shape index (κ2) is 5.97. The summed E-state index contributed by atoms with van der Waals surface area (Å²) in [6, 6.07) is 7.01. The number of carbonyl (C=O) groups is 1. The summed E-state index contributed by atoms with van der Waals surface area (Å²) in [4.78, 5) is 17.3. The van der Waals surface area contributed by atoms with E-state index in [2.05, 4.69) is 4.98 Å². The quantitative estimate of drug-likeness (QED) is 0.890. The Balaban J connectivity index is 1.96. The van der Waals surface area contributed by atoms with Crippen LogP contribution in [0.3, 0.4) is 0 Å². The SMILES string of the molecule is CCC1(C)CC(C(F)(F)F)CN1C(=O)c1cc2c(OC)cccc2[nH]1. The monoisotopic (exact) mass is 354 g/mol. The summed E-state index contributed by atoms with van der Waals surface area (Å²) in [5.74, 6) is -1.28. The Morgan fingerprint density at radius 2 is 2.16 bits per heavy atom. The number of nitrogens with zero attached hydrogens (tertiary/aromatic N) is 1. The Labute approximate surface area is 143 Å². The number of aromatic nitrogens is 1. The topological polar surface area (TPSA) is 45.3 Å². The lowest BCUT2D eigenvalue weighted by Gasteiger charge is -2.34. The molecule has 1 aliphatic rings. The number of alkyl halides is 3. The molecular formula is C18H21F3N2O2. The normalized spacial score (nSPS) is 24.1. The van der Waals surface area contributed by atoms with Crippen LogP contribution in [0.25, 0.3) is 10.9 Å². The number of rotatable bonds is 3. The summed E-state index contributed by atoms with van der Waals surface area (Å²) in [7, 11) is 1.53. The van der Waals surface area contributed by atoms with E-state index < -0.39 is 23.5 Å². The van der Waals surface area contributed by atoms with Crippen LogP contribution in [0.4, 0.5) is 13.2 Å². The fraction of sp³-hybridized carbons (Fsp3) is 0.500. The van der Waals surface area contributed by atoms with Crippen LogP contribution in [0.1, 0.15) is 37.2 Å². The fourth-order valence-electron chi connectivity index (χ4n) is 3.59. The Kier molecular flexibility index (Phi) is 4.21. The van der Waals surface area contributed by atoms with E-state index in [1.54, 1.807) is 31.2 Å². The van der Waals surface area contributed by atoms with Gasteiger partial charge in [-0.1, -0.05) is 13.0 Å². The molecule has 4 nitrogen and oxygen atoms in total. The first kappa shape index (κ1) is 17.6. The highest BCUT2D eigenvalue weighted by atomic mass is 19.4. The molecule has 7 heteroatoms. The van der Waals surface area contributed by atoms with Gasteiger partial charge < -0.3 is 14.6 Å². The second-order valence-corrected chi connectivity index (χ2v) is 6.81. The van der Waals surface area contributed by atoms with Crippen LogP contribution >= 0.6 is 0 Å². The van der Waals surface area contributed by atoms with Gasteiger partial charge in [0.25, 0.3) is 5.91 Å². The molecule has 1 saturated heterocycles. The molecule has 0 aliphatic carbocycles. The standard InChI is InChI=1S/C18H21F3N2O2/c1-4-17(2)9-11(18(19,20)21)10-23(17)16(24)14-8-12-13(22-14)6-5-7-15(12)25-3/h5-8,11,22H,4,9-10H2,1-3H3. The molecule has 2 heterocycles. The highest BCUT2D eigenvalue weighted by Crippen LogP contribution is 2.44. The first-order chi connectivity index (χ1) is 11.7. The lowest BCUT2D eigenvalue weighted by atomic mass is 9.91. The third kappa shape index (κ3) is 2.96. The molecular weight excluding hydrogens is 333 g/mol. The van der Waals surface area contributed by atoms with Crippen LogP contribution in [-0.2, 0) is 0 Å². The van der Waals surface area contributed by atoms with E-state index in [0.29, 0.717) is 17.7 Å². The van der Waals surface area contributed by atoms with E-state index in [-0.39, 0.29) is 18.7 Å². The zero-order chi connectivity index (χ0) is 18.4. The first-order valence-corrected chi connectivity index (χ1v) is 8.24.